The highest BCUT2D eigenvalue weighted by Crippen LogP contribution is 2.05. The van der Waals surface area contributed by atoms with Gasteiger partial charge in [-0.2, -0.15) is 0 Å². The number of hydrogen-bond donors (Lipinski definition) is 3. The average molecular weight is 147 g/mol. The first-order valence-corrected chi connectivity index (χ1v) is 3.23. The highest BCUT2D eigenvalue weighted by Gasteiger charge is 2.10. The second-order valence-corrected chi connectivity index (χ2v) is 2.22. The van der Waals surface area contributed by atoms with Crippen LogP contribution in [-0.2, 0) is 4.79 Å². The second-order valence-electron chi connectivity index (χ2n) is 2.22. The third-order valence-electron chi connectivity index (χ3n) is 1.30. The van der Waals surface area contributed by atoms with Crippen LogP contribution in [0.1, 0.15) is 12.8 Å². The smallest absolute Gasteiger partial charge is 0.303 e. The van der Waals surface area contributed by atoms with Crippen molar-refractivity contribution in [2.45, 2.75) is 12.8 Å². The number of nitrogens with two attached hydrogens (primary N) is 1. The van der Waals surface area contributed by atoms with Gasteiger partial charge in [0.2, 0.25) is 0 Å². The highest BCUT2D eigenvalue weighted by atomic mass is 16.4. The molecule has 0 aliphatic carbocycles. The average Bonchev–Trinajstić information content (AvgIpc) is 1.86. The van der Waals surface area contributed by atoms with Crippen molar-refractivity contribution in [3.63, 3.8) is 0 Å². The van der Waals surface area contributed by atoms with E-state index in [1.807, 2.05) is 0 Å². The van der Waals surface area contributed by atoms with Gasteiger partial charge in [-0.1, -0.05) is 0 Å². The molecule has 1 unspecified atom stereocenters. The summed E-state index contributed by atoms with van der Waals surface area (Å²) < 4.78 is 0. The van der Waals surface area contributed by atoms with E-state index in [1.165, 1.54) is 0 Å². The van der Waals surface area contributed by atoms with Crippen LogP contribution in [0.5, 0.6) is 0 Å². The quantitative estimate of drug-likeness (QED) is 0.485. The van der Waals surface area contributed by atoms with Gasteiger partial charge in [-0.3, -0.25) is 4.79 Å². The van der Waals surface area contributed by atoms with Gasteiger partial charge in [-0.15, -0.1) is 0 Å². The van der Waals surface area contributed by atoms with Crippen molar-refractivity contribution in [2.75, 3.05) is 13.2 Å². The number of aliphatic hydroxyl groups excluding tert-OH is 1. The van der Waals surface area contributed by atoms with Crippen LogP contribution in [0.3, 0.4) is 0 Å². The molecular weight excluding hydrogens is 134 g/mol. The number of carboxylic acids is 1. The first-order chi connectivity index (χ1) is 4.70. The lowest BCUT2D eigenvalue weighted by Gasteiger charge is -2.08. The summed E-state index contributed by atoms with van der Waals surface area (Å²) in [5.41, 5.74) is 5.18. The molecule has 0 fully saturated rings. The Morgan fingerprint density at radius 3 is 2.50 bits per heavy atom. The summed E-state index contributed by atoms with van der Waals surface area (Å²) in [5.74, 6) is -1.06. The molecule has 0 saturated heterocycles. The van der Waals surface area contributed by atoms with Crippen molar-refractivity contribution >= 4 is 5.97 Å². The highest BCUT2D eigenvalue weighted by molar-refractivity contribution is 5.67. The van der Waals surface area contributed by atoms with Gasteiger partial charge in [0.1, 0.15) is 0 Å². The lowest BCUT2D eigenvalue weighted by Crippen LogP contribution is -2.16. The number of rotatable bonds is 5. The van der Waals surface area contributed by atoms with E-state index in [0.29, 0.717) is 13.0 Å². The van der Waals surface area contributed by atoms with Crippen LogP contribution >= 0.6 is 0 Å². The summed E-state index contributed by atoms with van der Waals surface area (Å²) in [4.78, 5) is 10.1. The van der Waals surface area contributed by atoms with E-state index in [1.54, 1.807) is 0 Å². The summed E-state index contributed by atoms with van der Waals surface area (Å²) >= 11 is 0. The standard InChI is InChI=1S/C6H13NO3/c7-2-1-5(4-8)3-6(9)10/h5,8H,1-4,7H2,(H,9,10). The molecule has 0 aromatic heterocycles. The van der Waals surface area contributed by atoms with E-state index in [4.69, 9.17) is 15.9 Å². The Morgan fingerprint density at radius 1 is 1.60 bits per heavy atom. The fraction of sp³-hybridized carbons (Fsp3) is 0.833. The van der Waals surface area contributed by atoms with E-state index in [9.17, 15) is 4.79 Å². The van der Waals surface area contributed by atoms with Gasteiger partial charge in [-0.05, 0) is 18.9 Å². The van der Waals surface area contributed by atoms with Crippen molar-refractivity contribution in [2.24, 2.45) is 11.7 Å². The molecule has 4 N–H and O–H groups in total. The molecule has 0 radical (unpaired) electrons. The molecule has 1 atom stereocenters. The number of aliphatic hydroxyl groups is 1. The minimum absolute atomic E-state index is 0.00764. The molecule has 0 aromatic rings. The molecule has 0 amide bonds. The fourth-order valence-corrected chi connectivity index (χ4v) is 0.741. The van der Waals surface area contributed by atoms with Crippen molar-refractivity contribution in [3.8, 4) is 0 Å². The van der Waals surface area contributed by atoms with E-state index in [0.717, 1.165) is 0 Å². The molecule has 0 saturated carbocycles. The first-order valence-electron chi connectivity index (χ1n) is 3.23. The number of hydrogen-bond acceptors (Lipinski definition) is 3. The van der Waals surface area contributed by atoms with Gasteiger partial charge >= 0.3 is 5.97 Å². The third kappa shape index (κ3) is 4.29. The van der Waals surface area contributed by atoms with Gasteiger partial charge < -0.3 is 15.9 Å². The second kappa shape index (κ2) is 5.20. The topological polar surface area (TPSA) is 83.5 Å². The van der Waals surface area contributed by atoms with Gasteiger partial charge in [0, 0.05) is 6.61 Å². The van der Waals surface area contributed by atoms with Gasteiger partial charge in [0.15, 0.2) is 0 Å². The summed E-state index contributed by atoms with van der Waals surface area (Å²) in [6.45, 7) is 0.335. The zero-order chi connectivity index (χ0) is 7.98. The van der Waals surface area contributed by atoms with Gasteiger partial charge in [0.25, 0.3) is 0 Å². The zero-order valence-electron chi connectivity index (χ0n) is 5.79. The Kier molecular flexibility index (Phi) is 4.88. The zero-order valence-corrected chi connectivity index (χ0v) is 5.79. The minimum Gasteiger partial charge on any atom is -0.481 e. The summed E-state index contributed by atoms with van der Waals surface area (Å²) in [7, 11) is 0. The molecule has 0 aliphatic heterocycles. The molecule has 10 heavy (non-hydrogen) atoms. The van der Waals surface area contributed by atoms with Crippen molar-refractivity contribution < 1.29 is 15.0 Å². The Labute approximate surface area is 59.7 Å². The van der Waals surface area contributed by atoms with E-state index in [2.05, 4.69) is 0 Å². The number of carbonyl (C=O) groups is 1. The maximum absolute atomic E-state index is 10.1. The van der Waals surface area contributed by atoms with Crippen molar-refractivity contribution in [1.82, 2.24) is 0 Å². The molecule has 0 heterocycles. The maximum atomic E-state index is 10.1. The van der Waals surface area contributed by atoms with Crippen LogP contribution < -0.4 is 5.73 Å². The molecular formula is C6H13NO3. The Morgan fingerprint density at radius 2 is 2.20 bits per heavy atom. The Hall–Kier alpha value is -0.610. The van der Waals surface area contributed by atoms with Crippen LogP contribution in [0.2, 0.25) is 0 Å². The molecule has 0 aliphatic rings. The molecule has 0 rings (SSSR count). The lowest BCUT2D eigenvalue weighted by atomic mass is 10.0. The van der Waals surface area contributed by atoms with Crippen molar-refractivity contribution in [3.05, 3.63) is 0 Å². The van der Waals surface area contributed by atoms with Crippen LogP contribution in [0.4, 0.5) is 0 Å². The first kappa shape index (κ1) is 9.39. The summed E-state index contributed by atoms with van der Waals surface area (Å²) in [6, 6.07) is 0. The molecule has 4 heteroatoms. The number of aliphatic carboxylic acids is 1. The van der Waals surface area contributed by atoms with E-state index in [-0.39, 0.29) is 18.9 Å². The SMILES string of the molecule is NCCC(CO)CC(=O)O. The summed E-state index contributed by atoms with van der Waals surface area (Å²) in [5, 5.41) is 16.9. The minimum atomic E-state index is -0.882. The molecule has 60 valence electrons. The van der Waals surface area contributed by atoms with Crippen LogP contribution in [-0.4, -0.2) is 29.3 Å². The van der Waals surface area contributed by atoms with Crippen LogP contribution in [0.25, 0.3) is 0 Å². The molecule has 0 aromatic carbocycles. The fourth-order valence-electron chi connectivity index (χ4n) is 0.741. The van der Waals surface area contributed by atoms with Crippen molar-refractivity contribution in [1.29, 1.82) is 0 Å². The van der Waals surface area contributed by atoms with E-state index >= 15 is 0 Å². The Bertz CT molecular complexity index is 105. The largest absolute Gasteiger partial charge is 0.481 e. The monoisotopic (exact) mass is 147 g/mol. The lowest BCUT2D eigenvalue weighted by molar-refractivity contribution is -0.138. The van der Waals surface area contributed by atoms with Crippen LogP contribution in [0, 0.1) is 5.92 Å². The predicted octanol–water partition coefficient (Wildman–Crippen LogP) is -0.582. The predicted molar refractivity (Wildman–Crippen MR) is 36.5 cm³/mol. The molecule has 0 spiro atoms. The maximum Gasteiger partial charge on any atom is 0.303 e. The Balaban J connectivity index is 3.49. The summed E-state index contributed by atoms with van der Waals surface area (Å²) in [6.07, 6.45) is 0.580. The van der Waals surface area contributed by atoms with Gasteiger partial charge in [-0.25, -0.2) is 0 Å². The normalized spacial score (nSPS) is 13.0. The van der Waals surface area contributed by atoms with Gasteiger partial charge in [0.05, 0.1) is 6.42 Å². The number of carboxylic acid groups (broad SMARTS) is 1. The molecule has 0 bridgehead atoms. The van der Waals surface area contributed by atoms with Crippen LogP contribution in [0.15, 0.2) is 0 Å². The third-order valence-corrected chi connectivity index (χ3v) is 1.30. The van der Waals surface area contributed by atoms with E-state index < -0.39 is 5.97 Å². The molecule has 4 nitrogen and oxygen atoms in total.